The van der Waals surface area contributed by atoms with Gasteiger partial charge in [-0.3, -0.25) is 4.79 Å². The van der Waals surface area contributed by atoms with E-state index in [1.807, 2.05) is 11.0 Å². The second-order valence-electron chi connectivity index (χ2n) is 7.01. The van der Waals surface area contributed by atoms with E-state index >= 15 is 0 Å². The molecule has 1 unspecified atom stereocenters. The Balaban J connectivity index is 1.54. The highest BCUT2D eigenvalue weighted by molar-refractivity contribution is 5.97. The second kappa shape index (κ2) is 5.52. The molecule has 1 amide bonds. The van der Waals surface area contributed by atoms with Gasteiger partial charge in [-0.25, -0.2) is 4.98 Å². The number of hydrogen-bond acceptors (Lipinski definition) is 2. The van der Waals surface area contributed by atoms with Crippen molar-refractivity contribution in [3.63, 3.8) is 0 Å². The lowest BCUT2D eigenvalue weighted by Gasteiger charge is -2.26. The lowest BCUT2D eigenvalue weighted by molar-refractivity contribution is -0.122. The Morgan fingerprint density at radius 3 is 2.96 bits per heavy atom. The van der Waals surface area contributed by atoms with Crippen molar-refractivity contribution in [3.8, 4) is 0 Å². The summed E-state index contributed by atoms with van der Waals surface area (Å²) in [7, 11) is 0. The standard InChI is InChI=1S/C19H23N3O/c1-12(2)18-20-15-8-7-14(11-16(15)21-18)19(23)22-10-9-13-5-3-4-6-17(13)22/h3-6,12,14H,7-11H2,1-2H3,(H,20,21). The van der Waals surface area contributed by atoms with Crippen molar-refractivity contribution in [1.82, 2.24) is 9.97 Å². The number of hydrogen-bond donors (Lipinski definition) is 1. The molecule has 4 nitrogen and oxygen atoms in total. The van der Waals surface area contributed by atoms with Gasteiger partial charge in [-0.1, -0.05) is 32.0 Å². The summed E-state index contributed by atoms with van der Waals surface area (Å²) in [4.78, 5) is 23.1. The Labute approximate surface area is 136 Å². The van der Waals surface area contributed by atoms with Crippen LogP contribution in [0.4, 0.5) is 5.69 Å². The van der Waals surface area contributed by atoms with Gasteiger partial charge in [0.25, 0.3) is 0 Å². The number of H-pyrrole nitrogens is 1. The monoisotopic (exact) mass is 309 g/mol. The van der Waals surface area contributed by atoms with Gasteiger partial charge in [-0.15, -0.1) is 0 Å². The summed E-state index contributed by atoms with van der Waals surface area (Å²) in [6.45, 7) is 5.12. The number of nitrogens with zero attached hydrogens (tertiary/aromatic N) is 2. The number of benzene rings is 1. The summed E-state index contributed by atoms with van der Waals surface area (Å²) in [5.74, 6) is 1.81. The van der Waals surface area contributed by atoms with Crippen LogP contribution >= 0.6 is 0 Å². The van der Waals surface area contributed by atoms with Crippen molar-refractivity contribution < 1.29 is 4.79 Å². The molecular formula is C19H23N3O. The van der Waals surface area contributed by atoms with Crippen LogP contribution in [0.3, 0.4) is 0 Å². The molecule has 1 aliphatic heterocycles. The fourth-order valence-corrected chi connectivity index (χ4v) is 3.77. The number of amides is 1. The minimum Gasteiger partial charge on any atom is -0.345 e. The number of aryl methyl sites for hydroxylation is 1. The third kappa shape index (κ3) is 2.46. The van der Waals surface area contributed by atoms with Crippen molar-refractivity contribution in [2.45, 2.75) is 45.4 Å². The smallest absolute Gasteiger partial charge is 0.230 e. The van der Waals surface area contributed by atoms with Crippen LogP contribution in [0.2, 0.25) is 0 Å². The molecule has 2 aromatic rings. The van der Waals surface area contributed by atoms with E-state index in [1.54, 1.807) is 0 Å². The first kappa shape index (κ1) is 14.5. The van der Waals surface area contributed by atoms with Gasteiger partial charge >= 0.3 is 0 Å². The number of imidazole rings is 1. The summed E-state index contributed by atoms with van der Waals surface area (Å²) < 4.78 is 0. The van der Waals surface area contributed by atoms with Crippen LogP contribution in [0.1, 0.15) is 49.0 Å². The second-order valence-corrected chi connectivity index (χ2v) is 7.01. The van der Waals surface area contributed by atoms with Crippen molar-refractivity contribution in [1.29, 1.82) is 0 Å². The number of aromatic amines is 1. The average Bonchev–Trinajstić information content (AvgIpc) is 3.17. The largest absolute Gasteiger partial charge is 0.345 e. The fourth-order valence-electron chi connectivity index (χ4n) is 3.77. The van der Waals surface area contributed by atoms with Crippen molar-refractivity contribution in [2.24, 2.45) is 5.92 Å². The molecule has 1 N–H and O–H groups in total. The minimum absolute atomic E-state index is 0.0779. The summed E-state index contributed by atoms with van der Waals surface area (Å²) in [5.41, 5.74) is 4.74. The molecule has 4 heteroatoms. The summed E-state index contributed by atoms with van der Waals surface area (Å²) >= 11 is 0. The van der Waals surface area contributed by atoms with Crippen LogP contribution in [0.5, 0.6) is 0 Å². The highest BCUT2D eigenvalue weighted by Gasteiger charge is 2.33. The molecule has 0 fully saturated rings. The van der Waals surface area contributed by atoms with E-state index in [4.69, 9.17) is 4.98 Å². The van der Waals surface area contributed by atoms with Gasteiger partial charge in [0.2, 0.25) is 5.91 Å². The number of anilines is 1. The summed E-state index contributed by atoms with van der Waals surface area (Å²) in [5, 5.41) is 0. The van der Waals surface area contributed by atoms with Gasteiger partial charge in [0.15, 0.2) is 0 Å². The fraction of sp³-hybridized carbons (Fsp3) is 0.474. The molecule has 1 aliphatic carbocycles. The molecule has 23 heavy (non-hydrogen) atoms. The molecule has 1 aromatic heterocycles. The lowest BCUT2D eigenvalue weighted by Crippen LogP contribution is -2.37. The van der Waals surface area contributed by atoms with Crippen LogP contribution in [-0.4, -0.2) is 22.4 Å². The Morgan fingerprint density at radius 1 is 1.30 bits per heavy atom. The summed E-state index contributed by atoms with van der Waals surface area (Å²) in [6, 6.07) is 8.28. The molecule has 0 saturated heterocycles. The topological polar surface area (TPSA) is 49.0 Å². The van der Waals surface area contributed by atoms with E-state index in [1.165, 1.54) is 17.0 Å². The summed E-state index contributed by atoms with van der Waals surface area (Å²) in [6.07, 6.45) is 3.59. The average molecular weight is 309 g/mol. The number of nitrogens with one attached hydrogen (secondary N) is 1. The van der Waals surface area contributed by atoms with Gasteiger partial charge in [0.05, 0.1) is 5.69 Å². The number of para-hydroxylation sites is 1. The molecule has 2 aliphatic rings. The zero-order valence-corrected chi connectivity index (χ0v) is 13.8. The minimum atomic E-state index is 0.0779. The maximum Gasteiger partial charge on any atom is 0.230 e. The van der Waals surface area contributed by atoms with E-state index in [0.29, 0.717) is 5.92 Å². The SMILES string of the molecule is CC(C)c1nc2c([nH]1)CC(C(=O)N1CCc3ccccc31)CC2. The zero-order chi connectivity index (χ0) is 16.0. The first-order valence-corrected chi connectivity index (χ1v) is 8.60. The third-order valence-electron chi connectivity index (χ3n) is 5.11. The van der Waals surface area contributed by atoms with Crippen LogP contribution in [0, 0.1) is 5.92 Å². The molecule has 0 spiro atoms. The molecule has 1 aromatic carbocycles. The van der Waals surface area contributed by atoms with Gasteiger partial charge in [0.1, 0.15) is 5.82 Å². The third-order valence-corrected chi connectivity index (χ3v) is 5.11. The Hall–Kier alpha value is -2.10. The molecular weight excluding hydrogens is 286 g/mol. The van der Waals surface area contributed by atoms with E-state index in [-0.39, 0.29) is 11.8 Å². The Kier molecular flexibility index (Phi) is 3.47. The molecule has 0 saturated carbocycles. The molecule has 120 valence electrons. The van der Waals surface area contributed by atoms with E-state index in [0.717, 1.165) is 43.7 Å². The number of aromatic nitrogens is 2. The molecule has 4 rings (SSSR count). The van der Waals surface area contributed by atoms with Crippen molar-refractivity contribution in [3.05, 3.63) is 47.0 Å². The van der Waals surface area contributed by atoms with Gasteiger partial charge < -0.3 is 9.88 Å². The van der Waals surface area contributed by atoms with E-state index < -0.39 is 0 Å². The maximum absolute atomic E-state index is 13.0. The van der Waals surface area contributed by atoms with Gasteiger partial charge in [-0.2, -0.15) is 0 Å². The number of rotatable bonds is 2. The van der Waals surface area contributed by atoms with Crippen LogP contribution < -0.4 is 4.90 Å². The first-order valence-electron chi connectivity index (χ1n) is 8.60. The highest BCUT2D eigenvalue weighted by atomic mass is 16.2. The Bertz CT molecular complexity index is 747. The van der Waals surface area contributed by atoms with Crippen LogP contribution in [0.15, 0.2) is 24.3 Å². The van der Waals surface area contributed by atoms with Crippen LogP contribution in [0.25, 0.3) is 0 Å². The zero-order valence-electron chi connectivity index (χ0n) is 13.8. The molecule has 2 heterocycles. The highest BCUT2D eigenvalue weighted by Crippen LogP contribution is 2.32. The van der Waals surface area contributed by atoms with Gasteiger partial charge in [-0.05, 0) is 30.9 Å². The normalized spacial score (nSPS) is 19.8. The predicted molar refractivity (Wildman–Crippen MR) is 90.7 cm³/mol. The quantitative estimate of drug-likeness (QED) is 0.926. The van der Waals surface area contributed by atoms with Gasteiger partial charge in [0, 0.05) is 36.2 Å². The maximum atomic E-state index is 13.0. The van der Waals surface area contributed by atoms with Crippen molar-refractivity contribution >= 4 is 11.6 Å². The van der Waals surface area contributed by atoms with Crippen molar-refractivity contribution in [2.75, 3.05) is 11.4 Å². The predicted octanol–water partition coefficient (Wildman–Crippen LogP) is 3.23. The lowest BCUT2D eigenvalue weighted by atomic mass is 9.88. The molecule has 0 bridgehead atoms. The molecule has 0 radical (unpaired) electrons. The Morgan fingerprint density at radius 2 is 2.13 bits per heavy atom. The van der Waals surface area contributed by atoms with E-state index in [9.17, 15) is 4.79 Å². The number of carbonyl (C=O) groups is 1. The number of fused-ring (bicyclic) bond motifs is 2. The van der Waals surface area contributed by atoms with E-state index in [2.05, 4.69) is 37.0 Å². The first-order chi connectivity index (χ1) is 11.1. The van der Waals surface area contributed by atoms with Crippen LogP contribution in [-0.2, 0) is 24.1 Å². The number of carbonyl (C=O) groups excluding carboxylic acids is 1. The molecule has 1 atom stereocenters.